The fourth-order valence-electron chi connectivity index (χ4n) is 2.86. The van der Waals surface area contributed by atoms with Gasteiger partial charge in [-0.05, 0) is 58.6 Å². The van der Waals surface area contributed by atoms with Crippen molar-refractivity contribution in [3.8, 4) is 11.4 Å². The maximum absolute atomic E-state index is 5.67. The molecule has 0 bridgehead atoms. The summed E-state index contributed by atoms with van der Waals surface area (Å²) in [6.45, 7) is 1.47. The van der Waals surface area contributed by atoms with Crippen LogP contribution in [0.3, 0.4) is 0 Å². The third kappa shape index (κ3) is 2.97. The van der Waals surface area contributed by atoms with E-state index in [2.05, 4.69) is 30.8 Å². The first kappa shape index (κ1) is 15.9. The van der Waals surface area contributed by atoms with E-state index in [0.29, 0.717) is 17.3 Å². The summed E-state index contributed by atoms with van der Waals surface area (Å²) >= 11 is 3.03. The molecular weight excluding hydrogens is 372 g/mol. The molecule has 1 aliphatic rings. The Bertz CT molecular complexity index is 1020. The van der Waals surface area contributed by atoms with Gasteiger partial charge in [-0.1, -0.05) is 0 Å². The molecule has 1 fully saturated rings. The Labute approximate surface area is 156 Å². The summed E-state index contributed by atoms with van der Waals surface area (Å²) in [5.74, 6) is 0.725. The van der Waals surface area contributed by atoms with E-state index in [1.807, 2.05) is 29.0 Å². The summed E-state index contributed by atoms with van der Waals surface area (Å²) in [6, 6.07) is 5.80. The lowest BCUT2D eigenvalue weighted by molar-refractivity contribution is 0.0912. The average molecular weight is 386 g/mol. The highest BCUT2D eigenvalue weighted by Crippen LogP contribution is 2.26. The molecule has 132 valence electrons. The maximum Gasteiger partial charge on any atom is 0.215 e. The Kier molecular flexibility index (Phi) is 4.11. The molecule has 9 nitrogen and oxygen atoms in total. The molecule has 26 heavy (non-hydrogen) atoms. The summed E-state index contributed by atoms with van der Waals surface area (Å²) < 4.78 is 9.20. The predicted molar refractivity (Wildman–Crippen MR) is 95.0 cm³/mol. The van der Waals surface area contributed by atoms with Gasteiger partial charge in [-0.3, -0.25) is 0 Å². The van der Waals surface area contributed by atoms with Crippen LogP contribution in [0.4, 0.5) is 0 Å². The zero-order valence-electron chi connectivity index (χ0n) is 13.6. The van der Waals surface area contributed by atoms with Crippen LogP contribution < -0.4 is 0 Å². The molecule has 5 rings (SSSR count). The molecule has 0 saturated carbocycles. The van der Waals surface area contributed by atoms with Crippen LogP contribution in [0, 0.1) is 0 Å². The van der Waals surface area contributed by atoms with Gasteiger partial charge in [0.1, 0.15) is 5.03 Å². The largest absolute Gasteiger partial charge is 0.376 e. The molecule has 0 radical (unpaired) electrons. The molecule has 1 aliphatic heterocycles. The Morgan fingerprint density at radius 2 is 2.23 bits per heavy atom. The molecule has 0 aliphatic carbocycles. The monoisotopic (exact) mass is 386 g/mol. The molecule has 1 atom stereocenters. The highest BCUT2D eigenvalue weighted by molar-refractivity contribution is 7.99. The smallest absolute Gasteiger partial charge is 0.215 e. The van der Waals surface area contributed by atoms with Crippen molar-refractivity contribution in [3.63, 3.8) is 0 Å². The highest BCUT2D eigenvalue weighted by Gasteiger charge is 2.20. The van der Waals surface area contributed by atoms with Crippen molar-refractivity contribution in [3.05, 3.63) is 29.0 Å². The number of rotatable bonds is 5. The number of nitrogens with zero attached hydrogens (tertiary/aromatic N) is 8. The Morgan fingerprint density at radius 3 is 3.08 bits per heavy atom. The molecule has 0 amide bonds. The van der Waals surface area contributed by atoms with Crippen LogP contribution in [-0.4, -0.2) is 52.7 Å². The maximum atomic E-state index is 5.67. The van der Waals surface area contributed by atoms with Crippen LogP contribution in [0.15, 0.2) is 39.1 Å². The molecular formula is C15H14N8OS2. The van der Waals surface area contributed by atoms with E-state index in [0.717, 1.165) is 35.9 Å². The first-order chi connectivity index (χ1) is 12.9. The number of ether oxygens (including phenoxy) is 1. The molecule has 4 aromatic heterocycles. The quantitative estimate of drug-likeness (QED) is 0.515. The minimum absolute atomic E-state index is 0.177. The van der Waals surface area contributed by atoms with E-state index < -0.39 is 0 Å². The third-order valence-corrected chi connectivity index (χ3v) is 5.70. The third-order valence-electron chi connectivity index (χ3n) is 4.11. The van der Waals surface area contributed by atoms with Gasteiger partial charge in [-0.15, -0.1) is 15.3 Å². The summed E-state index contributed by atoms with van der Waals surface area (Å²) in [6.07, 6.45) is 2.31. The topological polar surface area (TPSA) is 95.9 Å². The van der Waals surface area contributed by atoms with Crippen LogP contribution in [0.1, 0.15) is 12.8 Å². The lowest BCUT2D eigenvalue weighted by Gasteiger charge is -2.09. The van der Waals surface area contributed by atoms with Gasteiger partial charge in [0.05, 0.1) is 12.6 Å². The first-order valence-corrected chi connectivity index (χ1v) is 9.93. The summed E-state index contributed by atoms with van der Waals surface area (Å²) in [5, 5.41) is 30.6. The second kappa shape index (κ2) is 6.74. The standard InChI is InChI=1S/C15H14N8OS2/c1-2-11(24-6-1)8-22-15(18-20-21-22)26-13-4-3-12-16-17-14(23(12)19-13)10-5-7-25-9-10/h3-5,7,9,11H,1-2,6,8H2. The van der Waals surface area contributed by atoms with E-state index in [1.165, 1.54) is 11.8 Å². The lowest BCUT2D eigenvalue weighted by Crippen LogP contribution is -2.16. The van der Waals surface area contributed by atoms with E-state index in [-0.39, 0.29) is 6.10 Å². The number of hydrogen-bond donors (Lipinski definition) is 0. The van der Waals surface area contributed by atoms with Gasteiger partial charge in [0.25, 0.3) is 0 Å². The van der Waals surface area contributed by atoms with Gasteiger partial charge in [-0.2, -0.15) is 21.0 Å². The van der Waals surface area contributed by atoms with E-state index in [9.17, 15) is 0 Å². The molecule has 4 aromatic rings. The van der Waals surface area contributed by atoms with Gasteiger partial charge < -0.3 is 4.74 Å². The fraction of sp³-hybridized carbons (Fsp3) is 0.333. The van der Waals surface area contributed by atoms with Crippen molar-refractivity contribution in [2.45, 2.75) is 35.7 Å². The molecule has 0 N–H and O–H groups in total. The zero-order chi connectivity index (χ0) is 17.3. The van der Waals surface area contributed by atoms with Gasteiger partial charge in [-0.25, -0.2) is 4.68 Å². The first-order valence-electron chi connectivity index (χ1n) is 8.17. The Hall–Kier alpha value is -2.37. The zero-order valence-corrected chi connectivity index (χ0v) is 15.2. The Balaban J connectivity index is 1.43. The molecule has 0 spiro atoms. The van der Waals surface area contributed by atoms with Crippen molar-refractivity contribution in [2.75, 3.05) is 6.61 Å². The summed E-state index contributed by atoms with van der Waals surface area (Å²) in [7, 11) is 0. The van der Waals surface area contributed by atoms with Crippen LogP contribution in [0.2, 0.25) is 0 Å². The minimum atomic E-state index is 0.177. The molecule has 5 heterocycles. The second-order valence-corrected chi connectivity index (χ2v) is 7.63. The van der Waals surface area contributed by atoms with Crippen molar-refractivity contribution in [1.82, 2.24) is 40.0 Å². The lowest BCUT2D eigenvalue weighted by atomic mass is 10.2. The second-order valence-electron chi connectivity index (χ2n) is 5.86. The number of fused-ring (bicyclic) bond motifs is 1. The molecule has 11 heteroatoms. The molecule has 1 unspecified atom stereocenters. The number of thiophene rings is 1. The summed E-state index contributed by atoms with van der Waals surface area (Å²) in [5.41, 5.74) is 1.70. The van der Waals surface area contributed by atoms with Crippen molar-refractivity contribution < 1.29 is 4.74 Å². The molecule has 0 aromatic carbocycles. The van der Waals surface area contributed by atoms with E-state index in [1.54, 1.807) is 20.5 Å². The fourth-order valence-corrected chi connectivity index (χ4v) is 4.23. The Morgan fingerprint density at radius 1 is 1.23 bits per heavy atom. The molecule has 1 saturated heterocycles. The van der Waals surface area contributed by atoms with Crippen LogP contribution >= 0.6 is 23.1 Å². The normalized spacial score (nSPS) is 17.3. The van der Waals surface area contributed by atoms with Crippen molar-refractivity contribution >= 4 is 28.7 Å². The van der Waals surface area contributed by atoms with Gasteiger partial charge >= 0.3 is 0 Å². The minimum Gasteiger partial charge on any atom is -0.376 e. The number of tetrazole rings is 1. The van der Waals surface area contributed by atoms with Gasteiger partial charge in [0.2, 0.25) is 5.16 Å². The van der Waals surface area contributed by atoms with Crippen LogP contribution in [0.5, 0.6) is 0 Å². The van der Waals surface area contributed by atoms with Crippen LogP contribution in [-0.2, 0) is 11.3 Å². The number of aromatic nitrogens is 8. The highest BCUT2D eigenvalue weighted by atomic mass is 32.2. The van der Waals surface area contributed by atoms with E-state index >= 15 is 0 Å². The van der Waals surface area contributed by atoms with E-state index in [4.69, 9.17) is 4.74 Å². The number of hydrogen-bond acceptors (Lipinski definition) is 9. The predicted octanol–water partition coefficient (Wildman–Crippen LogP) is 2.17. The summed E-state index contributed by atoms with van der Waals surface area (Å²) in [4.78, 5) is 0. The van der Waals surface area contributed by atoms with Gasteiger partial charge in [0.15, 0.2) is 11.5 Å². The van der Waals surface area contributed by atoms with Gasteiger partial charge in [0, 0.05) is 17.6 Å². The van der Waals surface area contributed by atoms with Crippen LogP contribution in [0.25, 0.3) is 17.0 Å². The van der Waals surface area contributed by atoms with Crippen molar-refractivity contribution in [2.24, 2.45) is 0 Å². The SMILES string of the molecule is c1cc(-c2nnc3ccc(Sc4nnnn4CC4CCCO4)nn23)cs1. The van der Waals surface area contributed by atoms with Crippen molar-refractivity contribution in [1.29, 1.82) is 0 Å². The average Bonchev–Trinajstić information content (AvgIpc) is 3.43.